The molecule has 1 N–H and O–H groups in total. The van der Waals surface area contributed by atoms with Gasteiger partial charge in [-0.25, -0.2) is 8.42 Å². The van der Waals surface area contributed by atoms with Crippen molar-refractivity contribution < 1.29 is 26.4 Å². The number of carbonyl (C=O) groups is 1. The summed E-state index contributed by atoms with van der Waals surface area (Å²) >= 11 is 0. The molecule has 2 heterocycles. The van der Waals surface area contributed by atoms with Gasteiger partial charge < -0.3 is 5.32 Å². The fourth-order valence-corrected chi connectivity index (χ4v) is 5.14. The molecule has 2 saturated heterocycles. The van der Waals surface area contributed by atoms with Gasteiger partial charge in [-0.2, -0.15) is 17.5 Å². The zero-order valence-electron chi connectivity index (χ0n) is 13.5. The Morgan fingerprint density at radius 2 is 1.72 bits per heavy atom. The van der Waals surface area contributed by atoms with Crippen LogP contribution in [0.2, 0.25) is 0 Å². The Bertz CT molecular complexity index is 758. The average molecular weight is 376 g/mol. The van der Waals surface area contributed by atoms with E-state index in [0.717, 1.165) is 30.7 Å². The van der Waals surface area contributed by atoms with E-state index in [-0.39, 0.29) is 23.9 Å². The number of amides is 1. The van der Waals surface area contributed by atoms with Crippen molar-refractivity contribution in [3.8, 4) is 0 Å². The zero-order valence-corrected chi connectivity index (χ0v) is 14.3. The topological polar surface area (TPSA) is 66.5 Å². The third-order valence-electron chi connectivity index (χ3n) is 4.96. The Balaban J connectivity index is 1.85. The third kappa shape index (κ3) is 3.39. The SMILES string of the molecule is O=C1NCCCC12CCCN(S(=O)(=O)c1ccc(C(F)(F)F)cc1)C2. The Kier molecular flexibility index (Phi) is 4.57. The normalized spacial score (nSPS) is 25.8. The number of hydrogen-bond acceptors (Lipinski definition) is 3. The summed E-state index contributed by atoms with van der Waals surface area (Å²) < 4.78 is 64.8. The van der Waals surface area contributed by atoms with Gasteiger partial charge in [0, 0.05) is 19.6 Å². The fourth-order valence-electron chi connectivity index (χ4n) is 3.58. The van der Waals surface area contributed by atoms with Gasteiger partial charge in [0.1, 0.15) is 0 Å². The van der Waals surface area contributed by atoms with Crippen molar-refractivity contribution in [3.63, 3.8) is 0 Å². The molecule has 9 heteroatoms. The first-order chi connectivity index (χ1) is 11.7. The summed E-state index contributed by atoms with van der Waals surface area (Å²) in [6.07, 6.45) is -1.93. The molecule has 0 aromatic heterocycles. The predicted molar refractivity (Wildman–Crippen MR) is 84.1 cm³/mol. The summed E-state index contributed by atoms with van der Waals surface area (Å²) in [5.41, 5.74) is -1.62. The number of piperidine rings is 2. The number of rotatable bonds is 2. The van der Waals surface area contributed by atoms with Crippen LogP contribution in [-0.4, -0.2) is 38.3 Å². The van der Waals surface area contributed by atoms with Crippen LogP contribution in [0.25, 0.3) is 0 Å². The van der Waals surface area contributed by atoms with Gasteiger partial charge in [0.2, 0.25) is 15.9 Å². The minimum atomic E-state index is -4.52. The van der Waals surface area contributed by atoms with Crippen LogP contribution >= 0.6 is 0 Å². The molecule has 0 bridgehead atoms. The summed E-state index contributed by atoms with van der Waals surface area (Å²) in [6, 6.07) is 3.47. The smallest absolute Gasteiger partial charge is 0.356 e. The van der Waals surface area contributed by atoms with Gasteiger partial charge in [0.25, 0.3) is 0 Å². The lowest BCUT2D eigenvalue weighted by molar-refractivity contribution is -0.138. The van der Waals surface area contributed by atoms with E-state index in [9.17, 15) is 26.4 Å². The number of sulfonamides is 1. The number of carbonyl (C=O) groups excluding carboxylic acids is 1. The van der Waals surface area contributed by atoms with Crippen LogP contribution < -0.4 is 5.32 Å². The average Bonchev–Trinajstić information content (AvgIpc) is 2.57. The second-order valence-corrected chi connectivity index (χ2v) is 8.54. The van der Waals surface area contributed by atoms with Gasteiger partial charge in [0.05, 0.1) is 15.9 Å². The maximum absolute atomic E-state index is 12.8. The van der Waals surface area contributed by atoms with Crippen LogP contribution in [-0.2, 0) is 21.0 Å². The van der Waals surface area contributed by atoms with E-state index >= 15 is 0 Å². The summed E-state index contributed by atoms with van der Waals surface area (Å²) in [5, 5.41) is 2.79. The lowest BCUT2D eigenvalue weighted by atomic mass is 9.74. The molecule has 1 spiro atoms. The van der Waals surface area contributed by atoms with E-state index in [2.05, 4.69) is 5.32 Å². The van der Waals surface area contributed by atoms with Crippen LogP contribution in [0.4, 0.5) is 13.2 Å². The van der Waals surface area contributed by atoms with Crippen LogP contribution in [0.5, 0.6) is 0 Å². The highest BCUT2D eigenvalue weighted by Crippen LogP contribution is 2.39. The number of hydrogen-bond donors (Lipinski definition) is 1. The van der Waals surface area contributed by atoms with E-state index < -0.39 is 27.2 Å². The molecule has 2 aliphatic heterocycles. The molecule has 3 rings (SSSR count). The predicted octanol–water partition coefficient (Wildman–Crippen LogP) is 2.39. The van der Waals surface area contributed by atoms with Crippen molar-refractivity contribution in [1.82, 2.24) is 9.62 Å². The second kappa shape index (κ2) is 6.28. The number of nitrogens with zero attached hydrogens (tertiary/aromatic N) is 1. The lowest BCUT2D eigenvalue weighted by Crippen LogP contribution is -2.55. The number of nitrogens with one attached hydrogen (secondary N) is 1. The molecule has 1 atom stereocenters. The zero-order chi connectivity index (χ0) is 18.3. The van der Waals surface area contributed by atoms with Gasteiger partial charge in [-0.1, -0.05) is 0 Å². The summed E-state index contributed by atoms with van der Waals surface area (Å²) in [7, 11) is -3.94. The fraction of sp³-hybridized carbons (Fsp3) is 0.562. The summed E-state index contributed by atoms with van der Waals surface area (Å²) in [5.74, 6) is -0.133. The molecule has 0 radical (unpaired) electrons. The molecule has 0 aliphatic carbocycles. The minimum Gasteiger partial charge on any atom is -0.356 e. The number of halogens is 3. The molecule has 1 amide bonds. The van der Waals surface area contributed by atoms with E-state index in [1.165, 1.54) is 4.31 Å². The van der Waals surface area contributed by atoms with Crippen molar-refractivity contribution in [3.05, 3.63) is 29.8 Å². The highest BCUT2D eigenvalue weighted by Gasteiger charge is 2.46. The van der Waals surface area contributed by atoms with Crippen molar-refractivity contribution >= 4 is 15.9 Å². The molecule has 1 aromatic rings. The second-order valence-electron chi connectivity index (χ2n) is 6.60. The van der Waals surface area contributed by atoms with Gasteiger partial charge in [0.15, 0.2) is 0 Å². The Labute approximate surface area is 144 Å². The monoisotopic (exact) mass is 376 g/mol. The van der Waals surface area contributed by atoms with Crippen molar-refractivity contribution in [2.75, 3.05) is 19.6 Å². The summed E-state index contributed by atoms with van der Waals surface area (Å²) in [4.78, 5) is 12.1. The lowest BCUT2D eigenvalue weighted by Gasteiger charge is -2.43. The highest BCUT2D eigenvalue weighted by molar-refractivity contribution is 7.89. The molecule has 1 unspecified atom stereocenters. The Morgan fingerprint density at radius 1 is 1.08 bits per heavy atom. The molecular formula is C16H19F3N2O3S. The largest absolute Gasteiger partial charge is 0.416 e. The highest BCUT2D eigenvalue weighted by atomic mass is 32.2. The minimum absolute atomic E-state index is 0.0716. The van der Waals surface area contributed by atoms with Crippen molar-refractivity contribution in [2.45, 2.75) is 36.8 Å². The van der Waals surface area contributed by atoms with Gasteiger partial charge in [-0.15, -0.1) is 0 Å². The maximum Gasteiger partial charge on any atom is 0.416 e. The number of alkyl halides is 3. The molecule has 1 aromatic carbocycles. The first-order valence-electron chi connectivity index (χ1n) is 8.11. The van der Waals surface area contributed by atoms with Crippen molar-refractivity contribution in [1.29, 1.82) is 0 Å². The maximum atomic E-state index is 12.8. The standard InChI is InChI=1S/C16H19F3N2O3S/c17-16(18,19)12-3-5-13(6-4-12)25(23,24)21-10-2-8-15(11-21)7-1-9-20-14(15)22/h3-6H,1-2,7-11H2,(H,20,22). The molecule has 0 saturated carbocycles. The first-order valence-corrected chi connectivity index (χ1v) is 9.55. The van der Waals surface area contributed by atoms with Crippen LogP contribution in [0, 0.1) is 5.41 Å². The van der Waals surface area contributed by atoms with Crippen LogP contribution in [0.15, 0.2) is 29.2 Å². The molecule has 5 nitrogen and oxygen atoms in total. The molecular weight excluding hydrogens is 357 g/mol. The Morgan fingerprint density at radius 3 is 2.32 bits per heavy atom. The van der Waals surface area contributed by atoms with Gasteiger partial charge in [-0.3, -0.25) is 4.79 Å². The van der Waals surface area contributed by atoms with E-state index in [1.54, 1.807) is 0 Å². The first kappa shape index (κ1) is 18.2. The van der Waals surface area contributed by atoms with E-state index in [0.29, 0.717) is 25.8 Å². The molecule has 138 valence electrons. The van der Waals surface area contributed by atoms with Gasteiger partial charge >= 0.3 is 6.18 Å². The summed E-state index contributed by atoms with van der Waals surface area (Å²) in [6.45, 7) is 0.923. The molecule has 2 fully saturated rings. The van der Waals surface area contributed by atoms with E-state index in [4.69, 9.17) is 0 Å². The molecule has 2 aliphatic rings. The number of benzene rings is 1. The van der Waals surface area contributed by atoms with Crippen LogP contribution in [0.3, 0.4) is 0 Å². The molecule has 25 heavy (non-hydrogen) atoms. The quantitative estimate of drug-likeness (QED) is 0.862. The third-order valence-corrected chi connectivity index (χ3v) is 6.82. The Hall–Kier alpha value is -1.61. The van der Waals surface area contributed by atoms with Gasteiger partial charge in [-0.05, 0) is 49.9 Å². The van der Waals surface area contributed by atoms with Crippen LogP contribution in [0.1, 0.15) is 31.2 Å². The van der Waals surface area contributed by atoms with E-state index in [1.807, 2.05) is 0 Å². The van der Waals surface area contributed by atoms with Crippen molar-refractivity contribution in [2.24, 2.45) is 5.41 Å².